The first-order valence-electron chi connectivity index (χ1n) is 11.2. The van der Waals surface area contributed by atoms with Crippen molar-refractivity contribution in [3.63, 3.8) is 0 Å². The van der Waals surface area contributed by atoms with Gasteiger partial charge in [0.25, 0.3) is 0 Å². The molecule has 2 aromatic rings. The molecular weight excluding hydrogens is 408 g/mol. The van der Waals surface area contributed by atoms with Gasteiger partial charge in [-0.15, -0.1) is 0 Å². The van der Waals surface area contributed by atoms with Crippen molar-refractivity contribution in [3.8, 4) is 0 Å². The van der Waals surface area contributed by atoms with Crippen LogP contribution in [0.5, 0.6) is 0 Å². The molecule has 0 bridgehead atoms. The number of aliphatic hydroxyl groups excluding tert-OH is 1. The summed E-state index contributed by atoms with van der Waals surface area (Å²) in [6.45, 7) is 6.26. The number of para-hydroxylation sites is 1. The van der Waals surface area contributed by atoms with Crippen molar-refractivity contribution in [1.82, 2.24) is 4.90 Å². The van der Waals surface area contributed by atoms with Crippen LogP contribution >= 0.6 is 11.8 Å². The average Bonchev–Trinajstić information content (AvgIpc) is 2.80. The second-order valence-electron chi connectivity index (χ2n) is 8.54. The van der Waals surface area contributed by atoms with Gasteiger partial charge in [-0.1, -0.05) is 42.1 Å². The maximum atomic E-state index is 13.1. The van der Waals surface area contributed by atoms with E-state index in [0.717, 1.165) is 47.8 Å². The molecule has 6 heteroatoms. The molecule has 0 aromatic heterocycles. The molecular formula is C25H32N2O3S. The van der Waals surface area contributed by atoms with Gasteiger partial charge in [0.05, 0.1) is 23.9 Å². The van der Waals surface area contributed by atoms with E-state index in [1.165, 1.54) is 0 Å². The molecule has 5 nitrogen and oxygen atoms in total. The standard InChI is InChI=1S/C25H32N2O3S/c1-3-30-23-17-22(28)25(23)13-15-27(16-14-25)18(2)24(29)26-20-11-7-8-12-21(20)31-19-9-5-4-6-10-19/h4-12,18,22-23,28H,3,13-17H2,1-2H3,(H,26,29). The Balaban J connectivity index is 1.37. The Labute approximate surface area is 189 Å². The number of hydrogen-bond donors (Lipinski definition) is 2. The number of benzene rings is 2. The molecule has 1 aliphatic carbocycles. The van der Waals surface area contributed by atoms with E-state index >= 15 is 0 Å². The highest BCUT2D eigenvalue weighted by Crippen LogP contribution is 2.51. The van der Waals surface area contributed by atoms with Gasteiger partial charge in [-0.25, -0.2) is 0 Å². The number of hydrogen-bond acceptors (Lipinski definition) is 5. The fourth-order valence-electron chi connectivity index (χ4n) is 4.82. The van der Waals surface area contributed by atoms with Gasteiger partial charge in [0.15, 0.2) is 0 Å². The van der Waals surface area contributed by atoms with Crippen LogP contribution in [-0.4, -0.2) is 53.9 Å². The van der Waals surface area contributed by atoms with Crippen molar-refractivity contribution < 1.29 is 14.6 Å². The molecule has 1 saturated carbocycles. The monoisotopic (exact) mass is 440 g/mol. The molecule has 166 valence electrons. The fourth-order valence-corrected chi connectivity index (χ4v) is 5.74. The Bertz CT molecular complexity index is 881. The molecule has 2 aromatic carbocycles. The highest BCUT2D eigenvalue weighted by atomic mass is 32.2. The zero-order valence-electron chi connectivity index (χ0n) is 18.3. The first kappa shape index (κ1) is 22.3. The molecule has 3 atom stereocenters. The molecule has 1 saturated heterocycles. The Morgan fingerprint density at radius 3 is 2.55 bits per heavy atom. The number of piperidine rings is 1. The van der Waals surface area contributed by atoms with E-state index in [1.54, 1.807) is 11.8 Å². The number of rotatable bonds is 7. The second kappa shape index (κ2) is 9.74. The van der Waals surface area contributed by atoms with Gasteiger partial charge in [0, 0.05) is 28.2 Å². The number of nitrogens with one attached hydrogen (secondary N) is 1. The van der Waals surface area contributed by atoms with Crippen LogP contribution in [0.15, 0.2) is 64.4 Å². The van der Waals surface area contributed by atoms with Gasteiger partial charge in [-0.05, 0) is 64.0 Å². The maximum Gasteiger partial charge on any atom is 0.241 e. The van der Waals surface area contributed by atoms with Gasteiger partial charge in [-0.3, -0.25) is 9.69 Å². The molecule has 1 amide bonds. The molecule has 2 aliphatic rings. The first-order chi connectivity index (χ1) is 15.0. The maximum absolute atomic E-state index is 13.1. The quantitative estimate of drug-likeness (QED) is 0.668. The Hall–Kier alpha value is -1.86. The lowest BCUT2D eigenvalue weighted by atomic mass is 9.58. The van der Waals surface area contributed by atoms with Crippen molar-refractivity contribution in [2.24, 2.45) is 5.41 Å². The van der Waals surface area contributed by atoms with Crippen LogP contribution in [0, 0.1) is 5.41 Å². The van der Waals surface area contributed by atoms with E-state index in [4.69, 9.17) is 4.74 Å². The zero-order chi connectivity index (χ0) is 21.8. The van der Waals surface area contributed by atoms with Crippen molar-refractivity contribution in [3.05, 3.63) is 54.6 Å². The van der Waals surface area contributed by atoms with E-state index < -0.39 is 0 Å². The van der Waals surface area contributed by atoms with Crippen molar-refractivity contribution >= 4 is 23.4 Å². The van der Waals surface area contributed by atoms with E-state index in [-0.39, 0.29) is 29.6 Å². The summed E-state index contributed by atoms with van der Waals surface area (Å²) in [6, 6.07) is 17.9. The molecule has 3 unspecified atom stereocenters. The predicted octanol–water partition coefficient (Wildman–Crippen LogP) is 4.42. The number of anilines is 1. The number of aliphatic hydroxyl groups is 1. The van der Waals surface area contributed by atoms with Gasteiger partial charge in [0.1, 0.15) is 0 Å². The number of ether oxygens (including phenoxy) is 1. The summed E-state index contributed by atoms with van der Waals surface area (Å²) in [6.07, 6.45) is 2.35. The lowest BCUT2D eigenvalue weighted by Gasteiger charge is -2.57. The largest absolute Gasteiger partial charge is 0.392 e. The minimum Gasteiger partial charge on any atom is -0.392 e. The van der Waals surface area contributed by atoms with Gasteiger partial charge in [-0.2, -0.15) is 0 Å². The third kappa shape index (κ3) is 4.67. The van der Waals surface area contributed by atoms with Crippen molar-refractivity contribution in [1.29, 1.82) is 0 Å². The van der Waals surface area contributed by atoms with Gasteiger partial charge in [0.2, 0.25) is 5.91 Å². The summed E-state index contributed by atoms with van der Waals surface area (Å²) in [7, 11) is 0. The summed E-state index contributed by atoms with van der Waals surface area (Å²) in [4.78, 5) is 17.5. The second-order valence-corrected chi connectivity index (χ2v) is 9.66. The molecule has 0 radical (unpaired) electrons. The fraction of sp³-hybridized carbons (Fsp3) is 0.480. The molecule has 1 heterocycles. The number of carbonyl (C=O) groups is 1. The number of likely N-dealkylation sites (tertiary alicyclic amines) is 1. The lowest BCUT2D eigenvalue weighted by molar-refractivity contribution is -0.210. The van der Waals surface area contributed by atoms with E-state index in [1.807, 2.05) is 56.3 Å². The molecule has 2 fully saturated rings. The Kier molecular flexibility index (Phi) is 7.02. The van der Waals surface area contributed by atoms with Crippen LogP contribution in [0.25, 0.3) is 0 Å². The third-order valence-electron chi connectivity index (χ3n) is 6.88. The summed E-state index contributed by atoms with van der Waals surface area (Å²) < 4.78 is 5.87. The molecule has 4 rings (SSSR count). The predicted molar refractivity (Wildman–Crippen MR) is 124 cm³/mol. The van der Waals surface area contributed by atoms with E-state index in [0.29, 0.717) is 6.61 Å². The highest BCUT2D eigenvalue weighted by molar-refractivity contribution is 7.99. The zero-order valence-corrected chi connectivity index (χ0v) is 19.1. The van der Waals surface area contributed by atoms with E-state index in [9.17, 15) is 9.90 Å². The van der Waals surface area contributed by atoms with Crippen LogP contribution in [0.4, 0.5) is 5.69 Å². The van der Waals surface area contributed by atoms with Crippen LogP contribution < -0.4 is 5.32 Å². The lowest BCUT2D eigenvalue weighted by Crippen LogP contribution is -2.63. The summed E-state index contributed by atoms with van der Waals surface area (Å²) in [5.41, 5.74) is 0.717. The minimum atomic E-state index is -0.280. The molecule has 2 N–H and O–H groups in total. The van der Waals surface area contributed by atoms with Crippen LogP contribution in [0.1, 0.15) is 33.1 Å². The van der Waals surface area contributed by atoms with Crippen LogP contribution in [0.2, 0.25) is 0 Å². The third-order valence-corrected chi connectivity index (χ3v) is 7.97. The normalized spacial score (nSPS) is 23.8. The topological polar surface area (TPSA) is 61.8 Å². The van der Waals surface area contributed by atoms with Crippen LogP contribution in [0.3, 0.4) is 0 Å². The van der Waals surface area contributed by atoms with Crippen molar-refractivity contribution in [2.75, 3.05) is 25.0 Å². The van der Waals surface area contributed by atoms with E-state index in [2.05, 4.69) is 22.3 Å². The molecule has 1 aliphatic heterocycles. The average molecular weight is 441 g/mol. The summed E-state index contributed by atoms with van der Waals surface area (Å²) >= 11 is 1.65. The van der Waals surface area contributed by atoms with Crippen molar-refractivity contribution in [2.45, 2.75) is 61.2 Å². The van der Waals surface area contributed by atoms with Crippen LogP contribution in [-0.2, 0) is 9.53 Å². The SMILES string of the molecule is CCOC1CC(O)C12CCN(C(C)C(=O)Nc1ccccc1Sc1ccccc1)CC2. The number of carbonyl (C=O) groups excluding carboxylic acids is 1. The highest BCUT2D eigenvalue weighted by Gasteiger charge is 2.56. The summed E-state index contributed by atoms with van der Waals surface area (Å²) in [5, 5.41) is 13.6. The first-order valence-corrected chi connectivity index (χ1v) is 12.0. The molecule has 1 spiro atoms. The Morgan fingerprint density at radius 2 is 1.87 bits per heavy atom. The number of amides is 1. The van der Waals surface area contributed by atoms with Gasteiger partial charge < -0.3 is 15.2 Å². The minimum absolute atomic E-state index is 0.00702. The smallest absolute Gasteiger partial charge is 0.241 e. The summed E-state index contributed by atoms with van der Waals surface area (Å²) in [5.74, 6) is 0.00702. The van der Waals surface area contributed by atoms with Gasteiger partial charge >= 0.3 is 0 Å². The number of nitrogens with zero attached hydrogens (tertiary/aromatic N) is 1. The Morgan fingerprint density at radius 1 is 1.19 bits per heavy atom. The molecule has 31 heavy (non-hydrogen) atoms.